The van der Waals surface area contributed by atoms with E-state index in [1.807, 2.05) is 18.2 Å². The summed E-state index contributed by atoms with van der Waals surface area (Å²) < 4.78 is 30.3. The van der Waals surface area contributed by atoms with Crippen LogP contribution in [0.1, 0.15) is 5.56 Å². The van der Waals surface area contributed by atoms with E-state index in [1.165, 1.54) is 18.5 Å². The molecular weight excluding hydrogens is 274 g/mol. The lowest BCUT2D eigenvalue weighted by Crippen LogP contribution is -2.34. The molecule has 0 aliphatic rings. The van der Waals surface area contributed by atoms with E-state index in [-0.39, 0.29) is 17.7 Å². The summed E-state index contributed by atoms with van der Waals surface area (Å²) in [5.41, 5.74) is 0.766. The molecule has 0 saturated carbocycles. The van der Waals surface area contributed by atoms with E-state index in [4.69, 9.17) is 16.3 Å². The smallest absolute Gasteiger partial charge is 0.218 e. The van der Waals surface area contributed by atoms with Crippen molar-refractivity contribution in [2.24, 2.45) is 0 Å². The second-order valence-corrected chi connectivity index (χ2v) is 6.77. The van der Waals surface area contributed by atoms with Gasteiger partial charge in [-0.25, -0.2) is 12.7 Å². The van der Waals surface area contributed by atoms with Crippen molar-refractivity contribution in [2.45, 2.75) is 11.1 Å². The number of rotatable bonds is 7. The van der Waals surface area contributed by atoms with Crippen LogP contribution in [0, 0.1) is 0 Å². The summed E-state index contributed by atoms with van der Waals surface area (Å²) in [6.45, 7) is 0.567. The number of benzene rings is 1. The fraction of sp³-hybridized carbons (Fsp3) is 0.500. The highest BCUT2D eigenvalue weighted by Crippen LogP contribution is 2.11. The van der Waals surface area contributed by atoms with Gasteiger partial charge in [0.2, 0.25) is 10.0 Å². The molecule has 102 valence electrons. The first-order chi connectivity index (χ1) is 8.45. The Balaban J connectivity index is 2.63. The molecule has 0 aromatic heterocycles. The lowest BCUT2D eigenvalue weighted by Gasteiger charge is -2.19. The quantitative estimate of drug-likeness (QED) is 0.719. The predicted octanol–water partition coefficient (Wildman–Crippen LogP) is 1.70. The molecule has 0 N–H and O–H groups in total. The number of sulfonamides is 1. The van der Waals surface area contributed by atoms with Crippen LogP contribution in [0.2, 0.25) is 0 Å². The number of hydrogen-bond donors (Lipinski definition) is 0. The molecule has 1 atom stereocenters. The summed E-state index contributed by atoms with van der Waals surface area (Å²) in [7, 11) is -0.267. The summed E-state index contributed by atoms with van der Waals surface area (Å²) in [6.07, 6.45) is 0. The lowest BCUT2D eigenvalue weighted by atomic mass is 10.2. The molecule has 0 heterocycles. The molecule has 6 heteroatoms. The fourth-order valence-corrected chi connectivity index (χ4v) is 3.18. The van der Waals surface area contributed by atoms with Crippen LogP contribution in [0.4, 0.5) is 0 Å². The third kappa shape index (κ3) is 4.94. The highest BCUT2D eigenvalue weighted by Gasteiger charge is 2.21. The molecule has 18 heavy (non-hydrogen) atoms. The summed E-state index contributed by atoms with van der Waals surface area (Å²) in [5, 5.41) is -0.342. The fourth-order valence-electron chi connectivity index (χ4n) is 1.52. The average Bonchev–Trinajstić information content (AvgIpc) is 2.29. The predicted molar refractivity (Wildman–Crippen MR) is 73.2 cm³/mol. The van der Waals surface area contributed by atoms with Crippen LogP contribution in [0.15, 0.2) is 30.3 Å². The molecule has 1 aromatic rings. The maximum atomic E-state index is 12.1. The molecule has 0 fully saturated rings. The standard InChI is InChI=1S/C12H18ClNO3S/c1-14(8-12(13)9-17-2)18(15,16)10-11-6-4-3-5-7-11/h3-7,12H,8-10H2,1-2H3. The van der Waals surface area contributed by atoms with Gasteiger partial charge in [0.15, 0.2) is 0 Å². The molecule has 0 saturated heterocycles. The van der Waals surface area contributed by atoms with Gasteiger partial charge in [0, 0.05) is 20.7 Å². The van der Waals surface area contributed by atoms with Gasteiger partial charge in [-0.3, -0.25) is 0 Å². The van der Waals surface area contributed by atoms with Crippen molar-refractivity contribution in [3.8, 4) is 0 Å². The minimum absolute atomic E-state index is 0.0130. The lowest BCUT2D eigenvalue weighted by molar-refractivity contribution is 0.192. The Morgan fingerprint density at radius 3 is 2.50 bits per heavy atom. The van der Waals surface area contributed by atoms with Crippen LogP contribution >= 0.6 is 11.6 Å². The van der Waals surface area contributed by atoms with Crippen molar-refractivity contribution in [1.82, 2.24) is 4.31 Å². The molecule has 0 aliphatic carbocycles. The van der Waals surface area contributed by atoms with Crippen LogP contribution in [0.3, 0.4) is 0 Å². The second kappa shape index (κ2) is 7.09. The van der Waals surface area contributed by atoms with E-state index >= 15 is 0 Å². The zero-order chi connectivity index (χ0) is 13.6. The first-order valence-electron chi connectivity index (χ1n) is 5.56. The van der Waals surface area contributed by atoms with Crippen molar-refractivity contribution >= 4 is 21.6 Å². The average molecular weight is 292 g/mol. The maximum absolute atomic E-state index is 12.1. The van der Waals surface area contributed by atoms with Gasteiger partial charge in [-0.2, -0.15) is 0 Å². The van der Waals surface area contributed by atoms with Crippen molar-refractivity contribution in [2.75, 3.05) is 27.3 Å². The Morgan fingerprint density at radius 1 is 1.33 bits per heavy atom. The van der Waals surface area contributed by atoms with E-state index in [0.29, 0.717) is 6.61 Å². The molecule has 0 spiro atoms. The summed E-state index contributed by atoms with van der Waals surface area (Å²) in [4.78, 5) is 0. The third-order valence-electron chi connectivity index (χ3n) is 2.47. The van der Waals surface area contributed by atoms with Gasteiger partial charge >= 0.3 is 0 Å². The molecule has 0 aliphatic heterocycles. The van der Waals surface area contributed by atoms with Gasteiger partial charge in [-0.1, -0.05) is 30.3 Å². The molecule has 1 aromatic carbocycles. The maximum Gasteiger partial charge on any atom is 0.218 e. The van der Waals surface area contributed by atoms with E-state index in [1.54, 1.807) is 12.1 Å². The number of ether oxygens (including phenoxy) is 1. The van der Waals surface area contributed by atoms with Crippen molar-refractivity contribution < 1.29 is 13.2 Å². The van der Waals surface area contributed by atoms with Crippen LogP contribution < -0.4 is 0 Å². The third-order valence-corrected chi connectivity index (χ3v) is 4.53. The van der Waals surface area contributed by atoms with Crippen LogP contribution in [-0.2, 0) is 20.5 Å². The number of alkyl halides is 1. The van der Waals surface area contributed by atoms with Crippen LogP contribution in [-0.4, -0.2) is 45.4 Å². The van der Waals surface area contributed by atoms with E-state index in [0.717, 1.165) is 5.56 Å². The number of hydrogen-bond acceptors (Lipinski definition) is 3. The zero-order valence-corrected chi connectivity index (χ0v) is 12.1. The molecule has 0 radical (unpaired) electrons. The minimum Gasteiger partial charge on any atom is -0.383 e. The molecule has 0 bridgehead atoms. The topological polar surface area (TPSA) is 46.6 Å². The first kappa shape index (κ1) is 15.4. The second-order valence-electron chi connectivity index (χ2n) is 4.07. The first-order valence-corrected chi connectivity index (χ1v) is 7.61. The Kier molecular flexibility index (Phi) is 6.08. The molecule has 4 nitrogen and oxygen atoms in total. The van der Waals surface area contributed by atoms with Crippen LogP contribution in [0.5, 0.6) is 0 Å². The van der Waals surface area contributed by atoms with Gasteiger partial charge in [0.05, 0.1) is 17.7 Å². The normalized spacial score (nSPS) is 13.8. The van der Waals surface area contributed by atoms with Gasteiger partial charge in [-0.15, -0.1) is 11.6 Å². The van der Waals surface area contributed by atoms with Gasteiger partial charge in [-0.05, 0) is 5.56 Å². The number of nitrogens with zero attached hydrogens (tertiary/aromatic N) is 1. The number of halogens is 1. The van der Waals surface area contributed by atoms with E-state index in [2.05, 4.69) is 0 Å². The Morgan fingerprint density at radius 2 is 1.94 bits per heavy atom. The Hall–Kier alpha value is -0.620. The molecule has 0 amide bonds. The van der Waals surface area contributed by atoms with Crippen molar-refractivity contribution in [3.63, 3.8) is 0 Å². The van der Waals surface area contributed by atoms with Gasteiger partial charge < -0.3 is 4.74 Å². The highest BCUT2D eigenvalue weighted by molar-refractivity contribution is 7.88. The number of methoxy groups -OCH3 is 1. The summed E-state index contributed by atoms with van der Waals surface area (Å²) in [5.74, 6) is -0.0130. The molecule has 1 unspecified atom stereocenters. The zero-order valence-electron chi connectivity index (χ0n) is 10.5. The molecule has 1 rings (SSSR count). The largest absolute Gasteiger partial charge is 0.383 e. The van der Waals surface area contributed by atoms with Gasteiger partial charge in [0.1, 0.15) is 0 Å². The Labute approximate surface area is 114 Å². The minimum atomic E-state index is -3.33. The van der Waals surface area contributed by atoms with Crippen LogP contribution in [0.25, 0.3) is 0 Å². The Bertz CT molecular complexity index is 450. The van der Waals surface area contributed by atoms with Crippen molar-refractivity contribution in [1.29, 1.82) is 0 Å². The van der Waals surface area contributed by atoms with Crippen molar-refractivity contribution in [3.05, 3.63) is 35.9 Å². The van der Waals surface area contributed by atoms with E-state index in [9.17, 15) is 8.42 Å². The monoisotopic (exact) mass is 291 g/mol. The van der Waals surface area contributed by atoms with Gasteiger partial charge in [0.25, 0.3) is 0 Å². The SMILES string of the molecule is COCC(Cl)CN(C)S(=O)(=O)Cc1ccccc1. The summed E-state index contributed by atoms with van der Waals surface area (Å²) in [6, 6.07) is 9.07. The molecular formula is C12H18ClNO3S. The summed E-state index contributed by atoms with van der Waals surface area (Å²) >= 11 is 5.95. The van der Waals surface area contributed by atoms with E-state index < -0.39 is 10.0 Å². The highest BCUT2D eigenvalue weighted by atomic mass is 35.5.